The monoisotopic (exact) mass is 454 g/mol. The largest absolute Gasteiger partial charge is 0.312 e. The number of rotatable bonds is 5. The molecule has 2 aliphatic heterocycles. The number of amides is 2. The van der Waals surface area contributed by atoms with Gasteiger partial charge < -0.3 is 10.2 Å². The molecule has 1 aromatic carbocycles. The summed E-state index contributed by atoms with van der Waals surface area (Å²) >= 11 is 1.46. The SMILES string of the molecule is CC(C)(C)CC(=O)N1CCc2cc(-c3csc(NC(=O)CN4CCCCCC4)n3)ccc21. The van der Waals surface area contributed by atoms with Gasteiger partial charge >= 0.3 is 0 Å². The fourth-order valence-electron chi connectivity index (χ4n) is 4.49. The lowest BCUT2D eigenvalue weighted by Crippen LogP contribution is -2.33. The number of benzene rings is 1. The number of nitrogens with zero attached hydrogens (tertiary/aromatic N) is 3. The number of nitrogens with one attached hydrogen (secondary N) is 1. The fourth-order valence-corrected chi connectivity index (χ4v) is 5.23. The van der Waals surface area contributed by atoms with Crippen LogP contribution in [-0.4, -0.2) is 47.9 Å². The second-order valence-corrected chi connectivity index (χ2v) is 11.0. The van der Waals surface area contributed by atoms with E-state index in [2.05, 4.69) is 42.0 Å². The van der Waals surface area contributed by atoms with Gasteiger partial charge in [-0.25, -0.2) is 4.98 Å². The van der Waals surface area contributed by atoms with E-state index in [4.69, 9.17) is 0 Å². The summed E-state index contributed by atoms with van der Waals surface area (Å²) < 4.78 is 0. The molecule has 0 spiro atoms. The molecule has 0 saturated carbocycles. The number of carbonyl (C=O) groups excluding carboxylic acids is 2. The molecule has 3 heterocycles. The molecule has 32 heavy (non-hydrogen) atoms. The Morgan fingerprint density at radius 1 is 1.09 bits per heavy atom. The van der Waals surface area contributed by atoms with Crippen molar-refractivity contribution < 1.29 is 9.59 Å². The maximum atomic E-state index is 12.7. The van der Waals surface area contributed by atoms with E-state index < -0.39 is 0 Å². The molecule has 0 atom stereocenters. The Morgan fingerprint density at radius 3 is 2.56 bits per heavy atom. The molecule has 1 saturated heterocycles. The topological polar surface area (TPSA) is 65.5 Å². The van der Waals surface area contributed by atoms with E-state index in [9.17, 15) is 9.59 Å². The molecule has 2 amide bonds. The van der Waals surface area contributed by atoms with Crippen molar-refractivity contribution in [2.45, 2.75) is 59.3 Å². The van der Waals surface area contributed by atoms with Crippen molar-refractivity contribution in [3.05, 3.63) is 29.1 Å². The third kappa shape index (κ3) is 5.75. The summed E-state index contributed by atoms with van der Waals surface area (Å²) in [7, 11) is 0. The van der Waals surface area contributed by atoms with Crippen LogP contribution in [0.2, 0.25) is 0 Å². The maximum Gasteiger partial charge on any atom is 0.240 e. The number of hydrogen-bond donors (Lipinski definition) is 1. The first-order valence-corrected chi connectivity index (χ1v) is 12.6. The van der Waals surface area contributed by atoms with Gasteiger partial charge in [-0.1, -0.05) is 39.7 Å². The third-order valence-electron chi connectivity index (χ3n) is 6.07. The second-order valence-electron chi connectivity index (χ2n) is 10.2. The zero-order valence-corrected chi connectivity index (χ0v) is 20.3. The fraction of sp³-hybridized carbons (Fsp3) is 0.560. The molecule has 1 aromatic heterocycles. The minimum atomic E-state index is -0.0194. The van der Waals surface area contributed by atoms with Gasteiger partial charge in [-0.3, -0.25) is 14.5 Å². The zero-order chi connectivity index (χ0) is 22.7. The Kier molecular flexibility index (Phi) is 6.96. The lowest BCUT2D eigenvalue weighted by molar-refractivity contribution is -0.120. The van der Waals surface area contributed by atoms with Gasteiger partial charge in [0.15, 0.2) is 5.13 Å². The van der Waals surface area contributed by atoms with Crippen LogP contribution in [0.3, 0.4) is 0 Å². The van der Waals surface area contributed by atoms with Gasteiger partial charge in [0.25, 0.3) is 0 Å². The summed E-state index contributed by atoms with van der Waals surface area (Å²) in [5.74, 6) is 0.196. The van der Waals surface area contributed by atoms with Crippen LogP contribution in [-0.2, 0) is 16.0 Å². The molecule has 4 rings (SSSR count). The van der Waals surface area contributed by atoms with Gasteiger partial charge in [0.2, 0.25) is 11.8 Å². The number of thiazole rings is 1. The van der Waals surface area contributed by atoms with Crippen molar-refractivity contribution >= 4 is 34.0 Å². The minimum absolute atomic E-state index is 0.00903. The first kappa shape index (κ1) is 22.9. The summed E-state index contributed by atoms with van der Waals surface area (Å²) in [6.45, 7) is 9.46. The second kappa shape index (κ2) is 9.71. The Morgan fingerprint density at radius 2 is 1.84 bits per heavy atom. The molecule has 0 bridgehead atoms. The van der Waals surface area contributed by atoms with E-state index in [-0.39, 0.29) is 17.2 Å². The van der Waals surface area contributed by atoms with E-state index in [0.717, 1.165) is 43.0 Å². The number of carbonyl (C=O) groups is 2. The lowest BCUT2D eigenvalue weighted by Gasteiger charge is -2.23. The zero-order valence-electron chi connectivity index (χ0n) is 19.4. The van der Waals surface area contributed by atoms with E-state index in [0.29, 0.717) is 18.1 Å². The van der Waals surface area contributed by atoms with Gasteiger partial charge in [-0.2, -0.15) is 0 Å². The smallest absolute Gasteiger partial charge is 0.240 e. The predicted octanol–water partition coefficient (Wildman–Crippen LogP) is 4.95. The number of aromatic nitrogens is 1. The molecule has 172 valence electrons. The lowest BCUT2D eigenvalue weighted by atomic mass is 9.91. The quantitative estimate of drug-likeness (QED) is 0.694. The standard InChI is InChI=1S/C25H34N4O2S/c1-25(2,3)15-23(31)29-13-10-19-14-18(8-9-21(19)29)20-17-32-24(26-20)27-22(30)16-28-11-6-4-5-7-12-28/h8-9,14,17H,4-7,10-13,15-16H2,1-3H3,(H,26,27,30). The molecular formula is C25H34N4O2S. The van der Waals surface area contributed by atoms with Gasteiger partial charge in [-0.05, 0) is 55.5 Å². The van der Waals surface area contributed by atoms with Crippen molar-refractivity contribution in [1.29, 1.82) is 0 Å². The summed E-state index contributed by atoms with van der Waals surface area (Å²) in [6.07, 6.45) is 6.27. The predicted molar refractivity (Wildman–Crippen MR) is 131 cm³/mol. The average molecular weight is 455 g/mol. The minimum Gasteiger partial charge on any atom is -0.312 e. The summed E-state index contributed by atoms with van der Waals surface area (Å²) in [6, 6.07) is 6.20. The number of hydrogen-bond acceptors (Lipinski definition) is 5. The van der Waals surface area contributed by atoms with Crippen molar-refractivity contribution in [2.24, 2.45) is 5.41 Å². The normalized spacial score (nSPS) is 17.2. The van der Waals surface area contributed by atoms with Crippen molar-refractivity contribution in [3.63, 3.8) is 0 Å². The van der Waals surface area contributed by atoms with Crippen LogP contribution in [0.25, 0.3) is 11.3 Å². The average Bonchev–Trinajstić information content (AvgIpc) is 3.27. The van der Waals surface area contributed by atoms with Crippen LogP contribution >= 0.6 is 11.3 Å². The van der Waals surface area contributed by atoms with Gasteiger partial charge in [0.1, 0.15) is 0 Å². The Hall–Kier alpha value is -2.25. The van der Waals surface area contributed by atoms with E-state index in [1.807, 2.05) is 22.4 Å². The van der Waals surface area contributed by atoms with Gasteiger partial charge in [0, 0.05) is 29.6 Å². The van der Waals surface area contributed by atoms with Crippen molar-refractivity contribution in [1.82, 2.24) is 9.88 Å². The Bertz CT molecular complexity index is 971. The first-order valence-electron chi connectivity index (χ1n) is 11.7. The molecule has 2 aliphatic rings. The highest BCUT2D eigenvalue weighted by Gasteiger charge is 2.28. The van der Waals surface area contributed by atoms with Crippen LogP contribution < -0.4 is 10.2 Å². The van der Waals surface area contributed by atoms with E-state index in [1.54, 1.807) is 0 Å². The molecule has 0 aliphatic carbocycles. The molecule has 7 heteroatoms. The highest BCUT2D eigenvalue weighted by molar-refractivity contribution is 7.14. The van der Waals surface area contributed by atoms with E-state index >= 15 is 0 Å². The third-order valence-corrected chi connectivity index (χ3v) is 6.83. The Labute approximate surface area is 195 Å². The summed E-state index contributed by atoms with van der Waals surface area (Å²) in [5, 5.41) is 5.60. The highest BCUT2D eigenvalue weighted by Crippen LogP contribution is 2.35. The highest BCUT2D eigenvalue weighted by atomic mass is 32.1. The molecule has 0 radical (unpaired) electrons. The summed E-state index contributed by atoms with van der Waals surface area (Å²) in [4.78, 5) is 34.0. The van der Waals surface area contributed by atoms with Crippen LogP contribution in [0.5, 0.6) is 0 Å². The van der Waals surface area contributed by atoms with Crippen LogP contribution in [0.1, 0.15) is 58.4 Å². The maximum absolute atomic E-state index is 12.7. The van der Waals surface area contributed by atoms with Crippen LogP contribution in [0.15, 0.2) is 23.6 Å². The number of fused-ring (bicyclic) bond motifs is 1. The molecular weight excluding hydrogens is 420 g/mol. The van der Waals surface area contributed by atoms with Crippen molar-refractivity contribution in [3.8, 4) is 11.3 Å². The summed E-state index contributed by atoms with van der Waals surface area (Å²) in [5.41, 5.74) is 4.07. The number of anilines is 2. The van der Waals surface area contributed by atoms with Crippen LogP contribution in [0.4, 0.5) is 10.8 Å². The molecule has 1 fully saturated rings. The van der Waals surface area contributed by atoms with E-state index in [1.165, 1.54) is 42.6 Å². The first-order chi connectivity index (χ1) is 15.3. The van der Waals surface area contributed by atoms with Gasteiger partial charge in [-0.15, -0.1) is 11.3 Å². The molecule has 0 unspecified atom stereocenters. The molecule has 1 N–H and O–H groups in total. The van der Waals surface area contributed by atoms with Crippen LogP contribution in [0, 0.1) is 5.41 Å². The molecule has 2 aromatic rings. The molecule has 6 nitrogen and oxygen atoms in total. The van der Waals surface area contributed by atoms with Crippen molar-refractivity contribution in [2.75, 3.05) is 36.4 Å². The van der Waals surface area contributed by atoms with Gasteiger partial charge in [0.05, 0.1) is 12.2 Å². The Balaban J connectivity index is 1.39. The number of likely N-dealkylation sites (tertiary alicyclic amines) is 1.